The summed E-state index contributed by atoms with van der Waals surface area (Å²) in [6, 6.07) is 12.2. The molecule has 27 heavy (non-hydrogen) atoms. The molecule has 0 unspecified atom stereocenters. The number of benzene rings is 2. The summed E-state index contributed by atoms with van der Waals surface area (Å²) in [6.45, 7) is 4.00. The standard InChI is InChI=1S/C20H16N2O3S2/c1-13-10-11-16(12-14(13)2)21-19(23)18(27-20(21)26)9-5-7-15-6-3-4-8-17(15)22(24)25/h3-12H,1-2H3. The number of para-hydroxylation sites is 1. The number of carbonyl (C=O) groups is 1. The van der Waals surface area contributed by atoms with Gasteiger partial charge in [0.25, 0.3) is 11.6 Å². The lowest BCUT2D eigenvalue weighted by atomic mass is 10.1. The molecule has 0 bridgehead atoms. The first-order valence-corrected chi connectivity index (χ1v) is 9.36. The van der Waals surface area contributed by atoms with Crippen LogP contribution in [-0.2, 0) is 4.79 Å². The van der Waals surface area contributed by atoms with Crippen molar-refractivity contribution in [2.45, 2.75) is 13.8 Å². The van der Waals surface area contributed by atoms with Crippen LogP contribution in [0.3, 0.4) is 0 Å². The van der Waals surface area contributed by atoms with Gasteiger partial charge in [-0.1, -0.05) is 48.3 Å². The molecule has 0 atom stereocenters. The third-order valence-corrected chi connectivity index (χ3v) is 5.52. The van der Waals surface area contributed by atoms with E-state index >= 15 is 0 Å². The molecule has 0 N–H and O–H groups in total. The van der Waals surface area contributed by atoms with Gasteiger partial charge in [0.2, 0.25) is 0 Å². The van der Waals surface area contributed by atoms with Crippen LogP contribution in [0.25, 0.3) is 6.08 Å². The summed E-state index contributed by atoms with van der Waals surface area (Å²) in [5.41, 5.74) is 3.47. The van der Waals surface area contributed by atoms with E-state index in [0.29, 0.717) is 14.8 Å². The molecule has 1 fully saturated rings. The summed E-state index contributed by atoms with van der Waals surface area (Å²) in [6.07, 6.45) is 4.88. The molecule has 0 radical (unpaired) electrons. The lowest BCUT2D eigenvalue weighted by Crippen LogP contribution is -2.27. The van der Waals surface area contributed by atoms with Gasteiger partial charge in [-0.25, -0.2) is 0 Å². The largest absolute Gasteiger partial charge is 0.276 e. The van der Waals surface area contributed by atoms with Gasteiger partial charge in [0.15, 0.2) is 4.32 Å². The minimum Gasteiger partial charge on any atom is -0.268 e. The van der Waals surface area contributed by atoms with E-state index in [1.165, 1.54) is 22.7 Å². The third-order valence-electron chi connectivity index (χ3n) is 4.20. The second kappa shape index (κ2) is 7.85. The zero-order valence-corrected chi connectivity index (χ0v) is 16.3. The molecule has 0 aliphatic carbocycles. The van der Waals surface area contributed by atoms with Gasteiger partial charge in [-0.05, 0) is 55.3 Å². The summed E-state index contributed by atoms with van der Waals surface area (Å²) >= 11 is 6.58. The number of amides is 1. The van der Waals surface area contributed by atoms with Gasteiger partial charge in [-0.15, -0.1) is 0 Å². The monoisotopic (exact) mass is 396 g/mol. The van der Waals surface area contributed by atoms with Crippen molar-refractivity contribution in [2.24, 2.45) is 0 Å². The van der Waals surface area contributed by atoms with Crippen LogP contribution >= 0.6 is 24.0 Å². The van der Waals surface area contributed by atoms with Gasteiger partial charge in [0.1, 0.15) is 0 Å². The Morgan fingerprint density at radius 1 is 1.15 bits per heavy atom. The number of aryl methyl sites for hydroxylation is 2. The third kappa shape index (κ3) is 3.99. The number of allylic oxidation sites excluding steroid dienone is 2. The van der Waals surface area contributed by atoms with Gasteiger partial charge in [0, 0.05) is 6.07 Å². The highest BCUT2D eigenvalue weighted by molar-refractivity contribution is 8.27. The molecule has 0 spiro atoms. The maximum atomic E-state index is 12.7. The molecule has 0 aromatic heterocycles. The number of thiocarbonyl (C=S) groups is 1. The molecule has 1 amide bonds. The summed E-state index contributed by atoms with van der Waals surface area (Å²) < 4.78 is 0.466. The highest BCUT2D eigenvalue weighted by Gasteiger charge is 2.33. The van der Waals surface area contributed by atoms with E-state index in [0.717, 1.165) is 16.8 Å². The molecule has 5 nitrogen and oxygen atoms in total. The van der Waals surface area contributed by atoms with Crippen LogP contribution < -0.4 is 4.90 Å². The van der Waals surface area contributed by atoms with Gasteiger partial charge in [0.05, 0.1) is 21.1 Å². The van der Waals surface area contributed by atoms with Gasteiger partial charge in [-0.3, -0.25) is 19.8 Å². The normalized spacial score (nSPS) is 15.9. The summed E-state index contributed by atoms with van der Waals surface area (Å²) in [4.78, 5) is 25.4. The van der Waals surface area contributed by atoms with Gasteiger partial charge in [-0.2, -0.15) is 0 Å². The maximum Gasteiger partial charge on any atom is 0.276 e. The average Bonchev–Trinajstić information content (AvgIpc) is 2.91. The van der Waals surface area contributed by atoms with Crippen LogP contribution in [0.5, 0.6) is 0 Å². The van der Waals surface area contributed by atoms with Crippen molar-refractivity contribution in [2.75, 3.05) is 4.90 Å². The minimum atomic E-state index is -0.432. The predicted octanol–water partition coefficient (Wildman–Crippen LogP) is 5.17. The van der Waals surface area contributed by atoms with E-state index < -0.39 is 4.92 Å². The van der Waals surface area contributed by atoms with Crippen molar-refractivity contribution >= 4 is 51.7 Å². The Balaban J connectivity index is 1.84. The Kier molecular flexibility index (Phi) is 5.53. The molecular weight excluding hydrogens is 380 g/mol. The Morgan fingerprint density at radius 2 is 1.89 bits per heavy atom. The van der Waals surface area contributed by atoms with Crippen molar-refractivity contribution in [3.63, 3.8) is 0 Å². The van der Waals surface area contributed by atoms with E-state index in [4.69, 9.17) is 12.2 Å². The number of thioether (sulfide) groups is 1. The first kappa shape index (κ1) is 19.0. The molecule has 1 aliphatic heterocycles. The van der Waals surface area contributed by atoms with Crippen LogP contribution in [0.4, 0.5) is 11.4 Å². The average molecular weight is 396 g/mol. The first-order valence-electron chi connectivity index (χ1n) is 8.14. The zero-order valence-electron chi connectivity index (χ0n) is 14.7. The maximum absolute atomic E-state index is 12.7. The molecule has 1 heterocycles. The van der Waals surface area contributed by atoms with Crippen LogP contribution in [0.1, 0.15) is 16.7 Å². The number of hydrogen-bond donors (Lipinski definition) is 0. The number of nitro groups is 1. The quantitative estimate of drug-likeness (QED) is 0.309. The fraction of sp³-hybridized carbons (Fsp3) is 0.100. The minimum absolute atomic E-state index is 0.0184. The highest BCUT2D eigenvalue weighted by atomic mass is 32.2. The second-order valence-corrected chi connectivity index (χ2v) is 7.66. The van der Waals surface area contributed by atoms with Gasteiger partial charge < -0.3 is 0 Å². The van der Waals surface area contributed by atoms with Crippen molar-refractivity contribution < 1.29 is 9.72 Å². The lowest BCUT2D eigenvalue weighted by molar-refractivity contribution is -0.385. The van der Waals surface area contributed by atoms with Crippen LogP contribution in [0.2, 0.25) is 0 Å². The highest BCUT2D eigenvalue weighted by Crippen LogP contribution is 2.35. The number of rotatable bonds is 4. The molecule has 1 aliphatic rings. The first-order chi connectivity index (χ1) is 12.9. The SMILES string of the molecule is Cc1ccc(N2C(=O)C(=CC=Cc3ccccc3[N+](=O)[O-])SC2=S)cc1C. The summed E-state index contributed by atoms with van der Waals surface area (Å²) in [5.74, 6) is -0.194. The van der Waals surface area contributed by atoms with E-state index in [1.807, 2.05) is 32.0 Å². The topological polar surface area (TPSA) is 63.5 Å². The molecular formula is C20H16N2O3S2. The molecule has 3 rings (SSSR count). The Hall–Kier alpha value is -2.77. The summed E-state index contributed by atoms with van der Waals surface area (Å²) in [5, 5.41) is 11.1. The fourth-order valence-corrected chi connectivity index (χ4v) is 3.85. The Morgan fingerprint density at radius 3 is 2.59 bits per heavy atom. The van der Waals surface area contributed by atoms with Crippen molar-refractivity contribution in [3.8, 4) is 0 Å². The number of anilines is 1. The Labute approximate surface area is 166 Å². The van der Waals surface area contributed by atoms with Crippen molar-refractivity contribution in [1.29, 1.82) is 0 Å². The molecule has 7 heteroatoms. The smallest absolute Gasteiger partial charge is 0.268 e. The van der Waals surface area contributed by atoms with Gasteiger partial charge >= 0.3 is 0 Å². The Bertz CT molecular complexity index is 1010. The molecule has 136 valence electrons. The van der Waals surface area contributed by atoms with E-state index in [-0.39, 0.29) is 11.6 Å². The molecule has 0 saturated carbocycles. The summed E-state index contributed by atoms with van der Waals surface area (Å²) in [7, 11) is 0. The van der Waals surface area contributed by atoms with Crippen LogP contribution in [0, 0.1) is 24.0 Å². The molecule has 2 aromatic carbocycles. The second-order valence-electron chi connectivity index (χ2n) is 5.98. The molecule has 1 saturated heterocycles. The van der Waals surface area contributed by atoms with Crippen molar-refractivity contribution in [1.82, 2.24) is 0 Å². The van der Waals surface area contributed by atoms with Crippen LogP contribution in [0.15, 0.2) is 59.5 Å². The van der Waals surface area contributed by atoms with Crippen LogP contribution in [-0.4, -0.2) is 15.2 Å². The van der Waals surface area contributed by atoms with Crippen molar-refractivity contribution in [3.05, 3.63) is 86.3 Å². The number of nitrogens with zero attached hydrogens (tertiary/aromatic N) is 2. The fourth-order valence-electron chi connectivity index (χ4n) is 2.60. The van der Waals surface area contributed by atoms with E-state index in [2.05, 4.69) is 0 Å². The number of hydrogen-bond acceptors (Lipinski definition) is 5. The number of carbonyl (C=O) groups excluding carboxylic acids is 1. The van der Waals surface area contributed by atoms with E-state index in [9.17, 15) is 14.9 Å². The molecule has 2 aromatic rings. The zero-order chi connectivity index (χ0) is 19.6. The number of nitro benzene ring substituents is 1. The lowest BCUT2D eigenvalue weighted by Gasteiger charge is -2.15. The van der Waals surface area contributed by atoms with E-state index in [1.54, 1.807) is 36.4 Å². The predicted molar refractivity (Wildman–Crippen MR) is 114 cm³/mol.